The van der Waals surface area contributed by atoms with E-state index in [1.54, 1.807) is 0 Å². The van der Waals surface area contributed by atoms with Crippen LogP contribution in [0, 0.1) is 0 Å². The number of fused-ring (bicyclic) bond motifs is 16. The molecule has 1 aliphatic carbocycles. The molecule has 0 fully saturated rings. The fourth-order valence-electron chi connectivity index (χ4n) is 8.87. The van der Waals surface area contributed by atoms with Gasteiger partial charge in [-0.25, -0.2) is 0 Å². The first-order valence-corrected chi connectivity index (χ1v) is 18.2. The van der Waals surface area contributed by atoms with Crippen LogP contribution >= 0.6 is 11.3 Å². The minimum atomic E-state index is -0.485. The van der Waals surface area contributed by atoms with E-state index in [2.05, 4.69) is 168 Å². The zero-order valence-corrected chi connectivity index (χ0v) is 28.4. The Morgan fingerprint density at radius 3 is 1.94 bits per heavy atom. The maximum atomic E-state index is 7.03. The molecule has 11 aromatic rings. The highest BCUT2D eigenvalue weighted by molar-refractivity contribution is 7.20. The van der Waals surface area contributed by atoms with Crippen LogP contribution in [0.3, 0.4) is 0 Å². The second kappa shape index (κ2) is 10.5. The summed E-state index contributed by atoms with van der Waals surface area (Å²) in [6, 6.07) is 55.7. The number of nitrogens with two attached hydrogens (primary N) is 2. The third-order valence-electron chi connectivity index (χ3n) is 10.9. The van der Waals surface area contributed by atoms with Gasteiger partial charge in [0, 0.05) is 48.7 Å². The van der Waals surface area contributed by atoms with E-state index in [9.17, 15) is 0 Å². The first kappa shape index (κ1) is 28.8. The number of furan rings is 1. The molecule has 0 spiro atoms. The number of nitrogens with zero attached hydrogens (tertiary/aromatic N) is 1. The van der Waals surface area contributed by atoms with Crippen molar-refractivity contribution in [2.75, 3.05) is 6.67 Å². The molecule has 1 unspecified atom stereocenters. The summed E-state index contributed by atoms with van der Waals surface area (Å²) >= 11 is 1.94. The molecule has 0 saturated carbocycles. The van der Waals surface area contributed by atoms with Gasteiger partial charge in [-0.1, -0.05) is 133 Å². The van der Waals surface area contributed by atoms with E-state index in [0.717, 1.165) is 22.1 Å². The summed E-state index contributed by atoms with van der Waals surface area (Å²) in [5.41, 5.74) is 15.7. The lowest BCUT2D eigenvalue weighted by Crippen LogP contribution is -2.22. The fraction of sp³-hybridized carbons (Fsp3) is 0.0435. The second-order valence-electron chi connectivity index (χ2n) is 13.4. The molecule has 0 saturated heterocycles. The normalized spacial score (nSPS) is 15.4. The summed E-state index contributed by atoms with van der Waals surface area (Å²) in [6.45, 7) is 0.250. The standard InChI is InChI=1S/C45H25NOS.CH6N2/c1-2-13-28-25-29(23-21-26(28)11-1)45(40-34-18-8-10-20-37(34)48-44(40)45)46-41-30-14-4-3-12-27(30)22-24-35(41)38-31-15-5-6-16-32(31)39-33-17-7-9-19-36(33)47-43(39)42(38)46;2-1-3/h1-25H;1-3H2. The Morgan fingerprint density at radius 1 is 0.529 bits per heavy atom. The van der Waals surface area contributed by atoms with Gasteiger partial charge in [-0.2, -0.15) is 0 Å². The van der Waals surface area contributed by atoms with Crippen LogP contribution in [0.4, 0.5) is 0 Å². The highest BCUT2D eigenvalue weighted by Crippen LogP contribution is 2.65. The van der Waals surface area contributed by atoms with Gasteiger partial charge < -0.3 is 20.5 Å². The summed E-state index contributed by atoms with van der Waals surface area (Å²) in [4.78, 5) is 1.41. The maximum absolute atomic E-state index is 7.03. The average molecular weight is 674 g/mol. The van der Waals surface area contributed by atoms with E-state index in [-0.39, 0.29) is 6.67 Å². The molecule has 12 rings (SSSR count). The summed E-state index contributed by atoms with van der Waals surface area (Å²) in [5, 5.41) is 13.7. The third-order valence-corrected chi connectivity index (χ3v) is 12.1. The van der Waals surface area contributed by atoms with Crippen molar-refractivity contribution in [2.24, 2.45) is 11.5 Å². The van der Waals surface area contributed by atoms with Crippen molar-refractivity contribution in [3.63, 3.8) is 0 Å². The summed E-state index contributed by atoms with van der Waals surface area (Å²) in [7, 11) is 0. The predicted molar refractivity (Wildman–Crippen MR) is 216 cm³/mol. The van der Waals surface area contributed by atoms with Crippen LogP contribution in [-0.2, 0) is 5.54 Å². The van der Waals surface area contributed by atoms with Crippen LogP contribution in [-0.4, -0.2) is 11.2 Å². The molecular formula is C46H31N3OS. The topological polar surface area (TPSA) is 70.1 Å². The third kappa shape index (κ3) is 3.70. The van der Waals surface area contributed by atoms with Gasteiger partial charge in [0.05, 0.1) is 11.0 Å². The van der Waals surface area contributed by atoms with E-state index in [4.69, 9.17) is 4.42 Å². The number of hydrogen-bond donors (Lipinski definition) is 2. The van der Waals surface area contributed by atoms with Crippen LogP contribution in [0.15, 0.2) is 156 Å². The molecule has 1 atom stereocenters. The Bertz CT molecular complexity index is 3220. The van der Waals surface area contributed by atoms with Gasteiger partial charge in [0.1, 0.15) is 11.1 Å². The van der Waals surface area contributed by atoms with E-state index in [1.165, 1.54) is 80.1 Å². The monoisotopic (exact) mass is 673 g/mol. The van der Waals surface area contributed by atoms with Gasteiger partial charge in [-0.15, -0.1) is 11.3 Å². The molecular weight excluding hydrogens is 643 g/mol. The number of thiophene rings is 1. The Morgan fingerprint density at radius 2 is 1.14 bits per heavy atom. The van der Waals surface area contributed by atoms with Crippen molar-refractivity contribution in [3.8, 4) is 0 Å². The molecule has 1 aliphatic rings. The lowest BCUT2D eigenvalue weighted by molar-refractivity contribution is 0.649. The number of aromatic nitrogens is 1. The quantitative estimate of drug-likeness (QED) is 0.179. The van der Waals surface area contributed by atoms with Gasteiger partial charge in [-0.05, 0) is 56.1 Å². The first-order chi connectivity index (χ1) is 25.2. The lowest BCUT2D eigenvalue weighted by Gasteiger charge is -2.25. The van der Waals surface area contributed by atoms with Crippen molar-refractivity contribution >= 4 is 97.5 Å². The average Bonchev–Trinajstić information content (AvgIpc) is 3.49. The van der Waals surface area contributed by atoms with Gasteiger partial charge >= 0.3 is 0 Å². The number of rotatable bonds is 2. The molecule has 3 aromatic heterocycles. The van der Waals surface area contributed by atoms with Gasteiger partial charge in [-0.3, -0.25) is 0 Å². The van der Waals surface area contributed by atoms with Crippen molar-refractivity contribution in [1.82, 2.24) is 4.57 Å². The SMILES string of the molecule is NCN.c1ccc2cc(C3(n4c5c6ccccc6ccc5c5c6ccccc6c6c7ccccc7oc6c54)c4sc5ccccc5c43)ccc2c1. The second-order valence-corrected chi connectivity index (χ2v) is 14.5. The predicted octanol–water partition coefficient (Wildman–Crippen LogP) is 11.4. The van der Waals surface area contributed by atoms with Gasteiger partial charge in [0.25, 0.3) is 0 Å². The lowest BCUT2D eigenvalue weighted by atomic mass is 9.95. The van der Waals surface area contributed by atoms with Gasteiger partial charge in [0.15, 0.2) is 5.58 Å². The zero-order chi connectivity index (χ0) is 33.8. The van der Waals surface area contributed by atoms with Crippen molar-refractivity contribution in [1.29, 1.82) is 0 Å². The van der Waals surface area contributed by atoms with Crippen molar-refractivity contribution in [2.45, 2.75) is 5.54 Å². The van der Waals surface area contributed by atoms with Crippen LogP contribution in [0.5, 0.6) is 0 Å². The molecule has 4 nitrogen and oxygen atoms in total. The molecule has 4 N–H and O–H groups in total. The minimum absolute atomic E-state index is 0.250. The van der Waals surface area contributed by atoms with E-state index in [0.29, 0.717) is 0 Å². The van der Waals surface area contributed by atoms with Crippen LogP contribution in [0.1, 0.15) is 16.0 Å². The van der Waals surface area contributed by atoms with Crippen LogP contribution in [0.2, 0.25) is 0 Å². The highest BCUT2D eigenvalue weighted by Gasteiger charge is 2.58. The molecule has 5 heteroatoms. The summed E-state index contributed by atoms with van der Waals surface area (Å²) in [5.74, 6) is 0. The minimum Gasteiger partial charge on any atom is -0.454 e. The zero-order valence-electron chi connectivity index (χ0n) is 27.6. The molecule has 0 aliphatic heterocycles. The van der Waals surface area contributed by atoms with Crippen LogP contribution in [0.25, 0.3) is 86.1 Å². The largest absolute Gasteiger partial charge is 0.454 e. The van der Waals surface area contributed by atoms with Crippen LogP contribution < -0.4 is 11.5 Å². The molecule has 242 valence electrons. The van der Waals surface area contributed by atoms with Gasteiger partial charge in [0.2, 0.25) is 0 Å². The maximum Gasteiger partial charge on any atom is 0.160 e. The molecule has 3 heterocycles. The Labute approximate surface area is 296 Å². The van der Waals surface area contributed by atoms with Crippen molar-refractivity contribution < 1.29 is 4.42 Å². The number of hydrogen-bond acceptors (Lipinski definition) is 4. The number of benzene rings is 8. The van der Waals surface area contributed by atoms with E-state index in [1.807, 2.05) is 11.3 Å². The van der Waals surface area contributed by atoms with Crippen molar-refractivity contribution in [3.05, 3.63) is 168 Å². The first-order valence-electron chi connectivity index (χ1n) is 17.3. The summed E-state index contributed by atoms with van der Waals surface area (Å²) < 4.78 is 11.1. The molecule has 51 heavy (non-hydrogen) atoms. The molecule has 0 radical (unpaired) electrons. The highest BCUT2D eigenvalue weighted by atomic mass is 32.1. The fourth-order valence-corrected chi connectivity index (χ4v) is 10.3. The molecule has 8 aromatic carbocycles. The Balaban J connectivity index is 0.00000100. The smallest absolute Gasteiger partial charge is 0.160 e. The molecule has 0 bridgehead atoms. The molecule has 0 amide bonds. The Hall–Kier alpha value is -5.98. The Kier molecular flexibility index (Phi) is 5.94. The summed E-state index contributed by atoms with van der Waals surface area (Å²) in [6.07, 6.45) is 0. The van der Waals surface area contributed by atoms with E-state index < -0.39 is 5.54 Å². The van der Waals surface area contributed by atoms with E-state index >= 15 is 0 Å². The number of para-hydroxylation sites is 1.